The first kappa shape index (κ1) is 29.6. The van der Waals surface area contributed by atoms with Gasteiger partial charge < -0.3 is 14.5 Å². The maximum Gasteiger partial charge on any atom is 0.255 e. The molecule has 3 amide bonds. The zero-order chi connectivity index (χ0) is 31.0. The highest BCUT2D eigenvalue weighted by molar-refractivity contribution is 8.00. The molecule has 8 nitrogen and oxygen atoms in total. The maximum absolute atomic E-state index is 15.1. The van der Waals surface area contributed by atoms with E-state index in [1.807, 2.05) is 11.0 Å². The Morgan fingerprint density at radius 3 is 2.50 bits per heavy atom. The number of benzene rings is 3. The van der Waals surface area contributed by atoms with Crippen LogP contribution in [-0.4, -0.2) is 47.0 Å². The quantitative estimate of drug-likeness (QED) is 0.368. The number of fused-ring (bicyclic) bond motifs is 1. The zero-order valence-corrected chi connectivity index (χ0v) is 24.3. The minimum Gasteiger partial charge on any atom is -0.488 e. The zero-order valence-electron chi connectivity index (χ0n) is 23.4. The van der Waals surface area contributed by atoms with E-state index in [1.54, 1.807) is 30.3 Å². The molecule has 3 aromatic rings. The lowest BCUT2D eigenvalue weighted by Crippen LogP contribution is -2.52. The highest BCUT2D eigenvalue weighted by atomic mass is 32.2. The van der Waals surface area contributed by atoms with Gasteiger partial charge in [0.15, 0.2) is 0 Å². The summed E-state index contributed by atoms with van der Waals surface area (Å²) >= 11 is 1.25. The Morgan fingerprint density at radius 2 is 1.77 bits per heavy atom. The third-order valence-corrected chi connectivity index (χ3v) is 9.55. The van der Waals surface area contributed by atoms with Crippen LogP contribution in [0.4, 0.5) is 18.9 Å². The second-order valence-electron chi connectivity index (χ2n) is 10.9. The molecule has 0 bridgehead atoms. The molecule has 2 saturated heterocycles. The van der Waals surface area contributed by atoms with Crippen molar-refractivity contribution in [1.82, 2.24) is 10.2 Å². The van der Waals surface area contributed by atoms with Crippen molar-refractivity contribution < 1.29 is 32.3 Å². The second kappa shape index (κ2) is 12.2. The number of hydrogen-bond acceptors (Lipinski definition) is 7. The molecule has 0 spiro atoms. The van der Waals surface area contributed by atoms with Crippen molar-refractivity contribution >= 4 is 35.2 Å². The van der Waals surface area contributed by atoms with Crippen LogP contribution >= 0.6 is 11.8 Å². The van der Waals surface area contributed by atoms with Crippen molar-refractivity contribution in [3.63, 3.8) is 0 Å². The Morgan fingerprint density at radius 1 is 0.977 bits per heavy atom. The van der Waals surface area contributed by atoms with E-state index in [0.717, 1.165) is 12.1 Å². The van der Waals surface area contributed by atoms with Crippen LogP contribution in [0.5, 0.6) is 5.75 Å². The largest absolute Gasteiger partial charge is 0.488 e. The lowest BCUT2D eigenvalue weighted by molar-refractivity contribution is -0.136. The number of hydrogen-bond donors (Lipinski definition) is 1. The fraction of sp³-hybridized carbons (Fsp3) is 0.312. The van der Waals surface area contributed by atoms with Gasteiger partial charge in [-0.25, -0.2) is 13.2 Å². The molecule has 226 valence electrons. The van der Waals surface area contributed by atoms with Crippen LogP contribution in [0.2, 0.25) is 0 Å². The van der Waals surface area contributed by atoms with E-state index in [9.17, 15) is 18.8 Å². The first-order valence-corrected chi connectivity index (χ1v) is 15.1. The summed E-state index contributed by atoms with van der Waals surface area (Å²) in [6.45, 7) is 0.910. The highest BCUT2D eigenvalue weighted by Crippen LogP contribution is 2.37. The van der Waals surface area contributed by atoms with E-state index in [4.69, 9.17) is 10.00 Å². The molecule has 3 aliphatic heterocycles. The molecular formula is C32H27F3N4O4S. The smallest absolute Gasteiger partial charge is 0.255 e. The van der Waals surface area contributed by atoms with Gasteiger partial charge in [0.25, 0.3) is 5.91 Å². The maximum atomic E-state index is 15.1. The topological polar surface area (TPSA) is 103 Å². The number of nitriles is 1. The van der Waals surface area contributed by atoms with Gasteiger partial charge >= 0.3 is 0 Å². The molecule has 3 aliphatic rings. The number of carbonyl (C=O) groups excluding carboxylic acids is 3. The van der Waals surface area contributed by atoms with Gasteiger partial charge in [-0.3, -0.25) is 19.7 Å². The van der Waals surface area contributed by atoms with Crippen LogP contribution in [-0.2, 0) is 22.7 Å². The molecule has 2 fully saturated rings. The number of rotatable bonds is 7. The predicted molar refractivity (Wildman–Crippen MR) is 155 cm³/mol. The fourth-order valence-corrected chi connectivity index (χ4v) is 6.99. The Hall–Kier alpha value is -4.50. The van der Waals surface area contributed by atoms with Crippen molar-refractivity contribution in [2.75, 3.05) is 18.0 Å². The van der Waals surface area contributed by atoms with Crippen molar-refractivity contribution in [2.24, 2.45) is 0 Å². The number of amides is 3. The summed E-state index contributed by atoms with van der Waals surface area (Å²) in [5.41, 5.74) is 1.59. The van der Waals surface area contributed by atoms with E-state index in [0.29, 0.717) is 48.5 Å². The lowest BCUT2D eigenvalue weighted by Gasteiger charge is -2.33. The second-order valence-corrected chi connectivity index (χ2v) is 12.3. The molecule has 1 atom stereocenters. The number of piperidine rings is 2. The average Bonchev–Trinajstić information content (AvgIpc) is 3.35. The number of nitrogens with one attached hydrogen (secondary N) is 1. The van der Waals surface area contributed by atoms with Gasteiger partial charge in [-0.2, -0.15) is 5.26 Å². The van der Waals surface area contributed by atoms with Gasteiger partial charge in [0.05, 0.1) is 23.9 Å². The minimum absolute atomic E-state index is 0.0143. The minimum atomic E-state index is -0.776. The predicted octanol–water partition coefficient (Wildman–Crippen LogP) is 5.08. The molecule has 0 saturated carbocycles. The van der Waals surface area contributed by atoms with Crippen molar-refractivity contribution in [3.8, 4) is 11.8 Å². The monoisotopic (exact) mass is 620 g/mol. The van der Waals surface area contributed by atoms with Gasteiger partial charge in [-0.05, 0) is 61.7 Å². The van der Waals surface area contributed by atoms with Gasteiger partial charge in [-0.1, -0.05) is 6.07 Å². The summed E-state index contributed by atoms with van der Waals surface area (Å²) in [5, 5.41) is 11.2. The van der Waals surface area contributed by atoms with Crippen LogP contribution < -0.4 is 15.0 Å². The van der Waals surface area contributed by atoms with E-state index in [1.165, 1.54) is 22.7 Å². The van der Waals surface area contributed by atoms with Crippen molar-refractivity contribution in [2.45, 2.75) is 55.0 Å². The van der Waals surface area contributed by atoms with Gasteiger partial charge in [0.2, 0.25) is 11.8 Å². The average molecular weight is 621 g/mol. The Kier molecular flexibility index (Phi) is 8.23. The summed E-state index contributed by atoms with van der Waals surface area (Å²) in [7, 11) is 0. The number of nitrogens with zero attached hydrogens (tertiary/aromatic N) is 3. The Bertz CT molecular complexity index is 1700. The summed E-state index contributed by atoms with van der Waals surface area (Å²) < 4.78 is 50.6. The van der Waals surface area contributed by atoms with Crippen LogP contribution in [0.3, 0.4) is 0 Å². The van der Waals surface area contributed by atoms with E-state index in [-0.39, 0.29) is 59.1 Å². The van der Waals surface area contributed by atoms with Crippen LogP contribution in [0, 0.1) is 28.8 Å². The number of thioether (sulfide) groups is 1. The summed E-state index contributed by atoms with van der Waals surface area (Å²) in [4.78, 5) is 40.4. The Labute approximate surface area is 255 Å². The molecule has 12 heteroatoms. The van der Waals surface area contributed by atoms with E-state index < -0.39 is 29.4 Å². The fourth-order valence-electron chi connectivity index (χ4n) is 5.85. The van der Waals surface area contributed by atoms with Crippen molar-refractivity contribution in [1.29, 1.82) is 5.26 Å². The molecule has 1 N–H and O–H groups in total. The molecule has 0 aromatic heterocycles. The molecule has 3 aromatic carbocycles. The highest BCUT2D eigenvalue weighted by Gasteiger charge is 2.40. The van der Waals surface area contributed by atoms with E-state index in [2.05, 4.69) is 5.32 Å². The SMILES string of the molecule is N#Cc1ccc(N2CCC(Sc3cc(F)c(COc4cccc5c4CN(C4CCC(=O)NC4=O)C5=O)cc3F)CC2)c(F)c1. The molecule has 0 radical (unpaired) electrons. The van der Waals surface area contributed by atoms with Crippen LogP contribution in [0.25, 0.3) is 0 Å². The Balaban J connectivity index is 1.08. The number of carbonyl (C=O) groups is 3. The normalized spacial score (nSPS) is 18.7. The third kappa shape index (κ3) is 5.84. The summed E-state index contributed by atoms with van der Waals surface area (Å²) in [6.07, 6.45) is 1.65. The summed E-state index contributed by atoms with van der Waals surface area (Å²) in [6, 6.07) is 12.7. The van der Waals surface area contributed by atoms with Gasteiger partial charge in [0.1, 0.15) is 35.8 Å². The lowest BCUT2D eigenvalue weighted by atomic mass is 10.0. The third-order valence-electron chi connectivity index (χ3n) is 8.18. The molecular weight excluding hydrogens is 593 g/mol. The number of anilines is 1. The van der Waals surface area contributed by atoms with Crippen LogP contribution in [0.15, 0.2) is 53.4 Å². The molecule has 0 aliphatic carbocycles. The van der Waals surface area contributed by atoms with Crippen LogP contribution in [0.1, 0.15) is 52.7 Å². The molecule has 6 rings (SSSR count). The number of halogens is 3. The van der Waals surface area contributed by atoms with Gasteiger partial charge in [-0.15, -0.1) is 11.8 Å². The first-order valence-electron chi connectivity index (χ1n) is 14.2. The number of imide groups is 1. The standard InChI is InChI=1S/C32H27F3N4O4S/c33-23-14-29(44-20-8-10-38(11-9-20)26-5-4-18(15-36)12-24(26)34)25(35)13-19(23)17-43-28-3-1-2-21-22(28)16-39(32(21)42)27-6-7-30(40)37-31(27)41/h1-5,12-14,20,27H,6-11,16-17H2,(H,37,40,41). The van der Waals surface area contributed by atoms with Crippen molar-refractivity contribution in [3.05, 3.63) is 88.2 Å². The summed E-state index contributed by atoms with van der Waals surface area (Å²) in [5.74, 6) is -2.58. The number of ether oxygens (including phenoxy) is 1. The molecule has 1 unspecified atom stereocenters. The van der Waals surface area contributed by atoms with E-state index >= 15 is 8.78 Å². The molecule has 3 heterocycles. The van der Waals surface area contributed by atoms with Gasteiger partial charge in [0, 0.05) is 46.3 Å². The first-order chi connectivity index (χ1) is 21.2. The molecule has 44 heavy (non-hydrogen) atoms.